The number of aliphatic hydroxyl groups excluding tert-OH is 11. The summed E-state index contributed by atoms with van der Waals surface area (Å²) in [6.07, 6.45) is -37.2. The fraction of sp³-hybridized carbons (Fsp3) is 0.638. The number of amides is 8. The Labute approximate surface area is 603 Å². The molecule has 0 saturated carbocycles. The van der Waals surface area contributed by atoms with E-state index in [1.165, 1.54) is 24.6 Å². The van der Waals surface area contributed by atoms with Crippen molar-refractivity contribution < 1.29 is 128 Å². The SMILES string of the molecule is Cc1c(N)nc(C(CC(N)=O)NCC(N)C(N)=O)nc1C(=O)NC(C(=O)NC(C)C(O)CC(=O)NC(C(=O)NC(OC1OC(C)C(N)C(O)C1O)C(O)c1nc(-c2nc(C(=O)NCCCN)cs2)cs1)C(C)O)C(OC1OC(CO)C(O)C(O)C1OC1OC(CO)C(O)C(OC(N)=O)C1O)c1cnc[nH]1. The van der Waals surface area contributed by atoms with Gasteiger partial charge < -0.3 is 166 Å². The number of nitrogens with zero attached hydrogens (tertiary/aromatic N) is 5. The monoisotopic (exact) mass is 1530 g/mol. The van der Waals surface area contributed by atoms with Crippen molar-refractivity contribution in [3.63, 3.8) is 0 Å². The Balaban J connectivity index is 1.18. The van der Waals surface area contributed by atoms with Crippen molar-refractivity contribution in [2.24, 2.45) is 34.4 Å². The van der Waals surface area contributed by atoms with Crippen LogP contribution in [0.25, 0.3) is 10.7 Å². The van der Waals surface area contributed by atoms with Gasteiger partial charge in [-0.3, -0.25) is 33.6 Å². The van der Waals surface area contributed by atoms with E-state index in [9.17, 15) is 89.7 Å². The summed E-state index contributed by atoms with van der Waals surface area (Å²) in [4.78, 5) is 131. The third kappa shape index (κ3) is 21.5. The highest BCUT2D eigenvalue weighted by Gasteiger charge is 2.54. The van der Waals surface area contributed by atoms with Crippen molar-refractivity contribution in [3.05, 3.63) is 56.8 Å². The molecule has 7 heterocycles. The van der Waals surface area contributed by atoms with E-state index in [1.54, 1.807) is 0 Å². The zero-order chi connectivity index (χ0) is 77.6. The molecule has 4 aromatic heterocycles. The van der Waals surface area contributed by atoms with Gasteiger partial charge in [-0.05, 0) is 40.7 Å². The highest BCUT2D eigenvalue weighted by Crippen LogP contribution is 2.36. The Kier molecular flexibility index (Phi) is 30.6. The van der Waals surface area contributed by atoms with Crippen molar-refractivity contribution in [3.8, 4) is 10.7 Å². The summed E-state index contributed by atoms with van der Waals surface area (Å²) in [6, 6.07) is -9.66. The number of ether oxygens (including phenoxy) is 7. The molecule has 7 rings (SSSR count). The summed E-state index contributed by atoms with van der Waals surface area (Å²) in [6.45, 7) is 3.08. The summed E-state index contributed by atoms with van der Waals surface area (Å²) in [5, 5.41) is 140. The molecule has 3 aliphatic heterocycles. The van der Waals surface area contributed by atoms with Crippen molar-refractivity contribution in [1.29, 1.82) is 0 Å². The fourth-order valence-electron chi connectivity index (χ4n) is 10.7. The Morgan fingerprint density at radius 2 is 1.42 bits per heavy atom. The number of carbonyl (C=O) groups is 8. The first kappa shape index (κ1) is 84.3. The lowest BCUT2D eigenvalue weighted by Crippen LogP contribution is -2.65. The number of hydrogen-bond acceptors (Lipinski definition) is 38. The molecule has 0 radical (unpaired) electrons. The third-order valence-corrected chi connectivity index (χ3v) is 18.6. The molecule has 3 aliphatic rings. The molecule has 25 atom stereocenters. The average molecular weight is 1530 g/mol. The number of anilines is 1. The number of primary amides is 3. The first-order valence-corrected chi connectivity index (χ1v) is 34.1. The molecule has 105 heavy (non-hydrogen) atoms. The normalized spacial score (nSPS) is 27.7. The van der Waals surface area contributed by atoms with E-state index in [1.807, 2.05) is 0 Å². The number of imidazole rings is 1. The van der Waals surface area contributed by atoms with E-state index in [2.05, 4.69) is 61.8 Å². The second kappa shape index (κ2) is 38.0. The molecule has 4 aromatic rings. The number of thiazole rings is 2. The molecule has 25 unspecified atom stereocenters. The van der Waals surface area contributed by atoms with E-state index in [-0.39, 0.29) is 39.2 Å². The van der Waals surface area contributed by atoms with E-state index >= 15 is 4.79 Å². The van der Waals surface area contributed by atoms with Crippen LogP contribution in [-0.2, 0) is 57.1 Å². The van der Waals surface area contributed by atoms with Crippen LogP contribution >= 0.6 is 22.7 Å². The molecule has 47 heteroatoms. The Bertz CT molecular complexity index is 3590. The first-order valence-electron chi connectivity index (χ1n) is 32.4. The van der Waals surface area contributed by atoms with Crippen LogP contribution in [0.5, 0.6) is 0 Å². The zero-order valence-corrected chi connectivity index (χ0v) is 58.2. The molecular formula is C58H89N19O26S2. The van der Waals surface area contributed by atoms with E-state index < -0.39 is 250 Å². The van der Waals surface area contributed by atoms with Crippen LogP contribution in [0.2, 0.25) is 0 Å². The maximum Gasteiger partial charge on any atom is 0.404 e. The number of aliphatic hydroxyl groups is 11. The van der Waals surface area contributed by atoms with Gasteiger partial charge >= 0.3 is 6.09 Å². The van der Waals surface area contributed by atoms with Gasteiger partial charge in [0.05, 0.1) is 80.3 Å². The third-order valence-electron chi connectivity index (χ3n) is 16.8. The van der Waals surface area contributed by atoms with Gasteiger partial charge in [0, 0.05) is 35.8 Å². The molecule has 0 bridgehead atoms. The second-order valence-electron chi connectivity index (χ2n) is 24.7. The lowest BCUT2D eigenvalue weighted by Gasteiger charge is -2.47. The Morgan fingerprint density at radius 3 is 2.05 bits per heavy atom. The van der Waals surface area contributed by atoms with Crippen LogP contribution in [-0.4, -0.2) is 301 Å². The number of nitrogens with two attached hydrogens (primary N) is 7. The molecule has 8 amide bonds. The predicted molar refractivity (Wildman–Crippen MR) is 355 cm³/mol. The highest BCUT2D eigenvalue weighted by atomic mass is 32.1. The fourth-order valence-corrected chi connectivity index (χ4v) is 12.4. The molecule has 3 saturated heterocycles. The molecule has 3 fully saturated rings. The molecular weight excluding hydrogens is 1440 g/mol. The minimum atomic E-state index is -2.26. The summed E-state index contributed by atoms with van der Waals surface area (Å²) in [5.74, 6) is -8.33. The number of nitrogens with one attached hydrogen (secondary N) is 7. The average Bonchev–Trinajstić information content (AvgIpc) is 1.61. The number of aromatic nitrogens is 6. The largest absolute Gasteiger partial charge is 0.441 e. The molecule has 0 aromatic carbocycles. The highest BCUT2D eigenvalue weighted by molar-refractivity contribution is 7.14. The van der Waals surface area contributed by atoms with Crippen molar-refractivity contribution in [2.45, 2.75) is 200 Å². The maximum atomic E-state index is 15.3. The molecule has 32 N–H and O–H groups in total. The number of carbonyl (C=O) groups excluding carboxylic acids is 8. The van der Waals surface area contributed by atoms with Gasteiger partial charge in [-0.1, -0.05) is 0 Å². The number of hydrogen-bond donors (Lipinski definition) is 25. The van der Waals surface area contributed by atoms with Crippen molar-refractivity contribution in [2.75, 3.05) is 38.6 Å². The predicted octanol–water partition coefficient (Wildman–Crippen LogP) is -11.2. The summed E-state index contributed by atoms with van der Waals surface area (Å²) >= 11 is 1.88. The van der Waals surface area contributed by atoms with Crippen LogP contribution in [0.4, 0.5) is 10.6 Å². The van der Waals surface area contributed by atoms with E-state index in [4.69, 9.17) is 73.3 Å². The van der Waals surface area contributed by atoms with Crippen LogP contribution < -0.4 is 72.0 Å². The number of nitrogen functional groups attached to an aromatic ring is 1. The summed E-state index contributed by atoms with van der Waals surface area (Å²) in [7, 11) is 0. The van der Waals surface area contributed by atoms with Gasteiger partial charge in [-0.15, -0.1) is 22.7 Å². The summed E-state index contributed by atoms with van der Waals surface area (Å²) in [5.41, 5.74) is 38.9. The number of aromatic amines is 1. The molecule has 584 valence electrons. The standard InChI is InChI=1S/C58H89N19O26S2/c1-17-32(74-47(76-45(17)63)22(8-29(61)82)68-10-21(60)46(64)91)49(93)75-34(42(23-11-66-16-69-23)100-57-44(38(87)35(84)27(12-78)99-57)101-56-40(89)43(102-58(65)96)36(85)28(13-79)98-56)51(95)70-18(2)26(81)9-30(83)73-33(19(3)80)50(94)77-52(103-55-39(88)37(86)31(62)20(4)97-55)41(90)54-72-25(15-105-54)53-71-24(14-104-53)48(92)67-7-5-6-59/h11,14-16,18-22,26-28,31,33-44,52,55-57,68,78-81,84-90H,5-10,12-13,59-60,62H2,1-4H3,(H2,61,82)(H2,64,91)(H2,65,96)(H,66,69)(H,67,92)(H,70,95)(H,73,83)(H,75,93)(H,77,94)(H2,63,74,76). The molecule has 0 aliphatic carbocycles. The van der Waals surface area contributed by atoms with E-state index in [0.29, 0.717) is 13.0 Å². The van der Waals surface area contributed by atoms with Gasteiger partial charge in [0.2, 0.25) is 29.5 Å². The number of rotatable bonds is 36. The van der Waals surface area contributed by atoms with Gasteiger partial charge in [-0.2, -0.15) is 0 Å². The lowest BCUT2D eigenvalue weighted by atomic mass is 9.97. The van der Waals surface area contributed by atoms with Crippen molar-refractivity contribution >= 4 is 75.9 Å². The quantitative estimate of drug-likeness (QED) is 0.0148. The zero-order valence-electron chi connectivity index (χ0n) is 56.5. The Hall–Kier alpha value is -7.93. The van der Waals surface area contributed by atoms with Gasteiger partial charge in [0.1, 0.15) is 112 Å². The summed E-state index contributed by atoms with van der Waals surface area (Å²) < 4.78 is 40.3. The van der Waals surface area contributed by atoms with Crippen LogP contribution in [0.3, 0.4) is 0 Å². The lowest BCUT2D eigenvalue weighted by molar-refractivity contribution is -0.372. The van der Waals surface area contributed by atoms with Crippen LogP contribution in [0.15, 0.2) is 23.3 Å². The van der Waals surface area contributed by atoms with Gasteiger partial charge in [0.25, 0.3) is 11.8 Å². The Morgan fingerprint density at radius 1 is 0.743 bits per heavy atom. The smallest absolute Gasteiger partial charge is 0.404 e. The minimum absolute atomic E-state index is 0.0554. The first-order chi connectivity index (χ1) is 49.6. The molecule has 0 spiro atoms. The van der Waals surface area contributed by atoms with Crippen LogP contribution in [0, 0.1) is 6.92 Å². The minimum Gasteiger partial charge on any atom is -0.441 e. The van der Waals surface area contributed by atoms with E-state index in [0.717, 1.165) is 49.0 Å². The van der Waals surface area contributed by atoms with Crippen molar-refractivity contribution in [1.82, 2.24) is 61.8 Å². The maximum absolute atomic E-state index is 15.3. The number of H-pyrrole nitrogens is 1. The van der Waals surface area contributed by atoms with Gasteiger partial charge in [0.15, 0.2) is 37.3 Å². The van der Waals surface area contributed by atoms with Gasteiger partial charge in [-0.25, -0.2) is 29.7 Å². The second-order valence-corrected chi connectivity index (χ2v) is 26.4. The van der Waals surface area contributed by atoms with Crippen LogP contribution in [0.1, 0.15) is 101 Å². The topological polar surface area (TPSA) is 758 Å². The molecule has 45 nitrogen and oxygen atoms in total.